The zero-order valence-corrected chi connectivity index (χ0v) is 15.1. The third-order valence-electron chi connectivity index (χ3n) is 3.54. The third kappa shape index (κ3) is 4.18. The number of hydrogen-bond donors (Lipinski definition) is 2. The molecule has 0 bridgehead atoms. The van der Waals surface area contributed by atoms with Crippen molar-refractivity contribution < 1.29 is 4.79 Å². The first-order valence-corrected chi connectivity index (χ1v) is 9.11. The van der Waals surface area contributed by atoms with Gasteiger partial charge in [0.15, 0.2) is 5.50 Å². The maximum atomic E-state index is 12.1. The number of carbonyl (C=O) groups excluding carboxylic acids is 1. The van der Waals surface area contributed by atoms with E-state index in [1.54, 1.807) is 0 Å². The van der Waals surface area contributed by atoms with Gasteiger partial charge in [0.2, 0.25) is 0 Å². The maximum Gasteiger partial charge on any atom is 0.260 e. The van der Waals surface area contributed by atoms with Crippen LogP contribution in [0.1, 0.15) is 18.1 Å². The second-order valence-corrected chi connectivity index (χ2v) is 7.29. The van der Waals surface area contributed by atoms with Crippen LogP contribution in [0.3, 0.4) is 0 Å². The van der Waals surface area contributed by atoms with Crippen molar-refractivity contribution in [2.75, 3.05) is 5.32 Å². The quantitative estimate of drug-likeness (QED) is 0.751. The summed E-state index contributed by atoms with van der Waals surface area (Å²) in [5.41, 5.74) is 3.16. The Morgan fingerprint density at radius 3 is 2.74 bits per heavy atom. The number of hydrogen-bond acceptors (Lipinski definition) is 3. The Labute approximate surface area is 148 Å². The molecule has 2 aromatic carbocycles. The first-order valence-electron chi connectivity index (χ1n) is 7.44. The normalized spacial score (nSPS) is 19.0. The fourth-order valence-corrected chi connectivity index (χ4v) is 3.70. The topological polar surface area (TPSA) is 41.1 Å². The zero-order valence-electron chi connectivity index (χ0n) is 12.7. The highest BCUT2D eigenvalue weighted by Crippen LogP contribution is 2.30. The summed E-state index contributed by atoms with van der Waals surface area (Å²) in [6.07, 6.45) is 2.93. The molecule has 1 aliphatic rings. The van der Waals surface area contributed by atoms with E-state index in [1.807, 2.05) is 42.5 Å². The predicted molar refractivity (Wildman–Crippen MR) is 101 cm³/mol. The summed E-state index contributed by atoms with van der Waals surface area (Å²) in [5, 5.41) is 6.28. The molecule has 0 saturated carbocycles. The van der Waals surface area contributed by atoms with Gasteiger partial charge in [0.1, 0.15) is 0 Å². The van der Waals surface area contributed by atoms with Crippen LogP contribution in [0, 0.1) is 0 Å². The van der Waals surface area contributed by atoms with E-state index in [4.69, 9.17) is 0 Å². The largest absolute Gasteiger partial charge is 0.357 e. The highest BCUT2D eigenvalue weighted by molar-refractivity contribution is 9.10. The van der Waals surface area contributed by atoms with E-state index >= 15 is 0 Å². The molecule has 1 fully saturated rings. The van der Waals surface area contributed by atoms with Gasteiger partial charge in [0.25, 0.3) is 5.91 Å². The van der Waals surface area contributed by atoms with Crippen molar-refractivity contribution in [3.8, 4) is 0 Å². The lowest BCUT2D eigenvalue weighted by Gasteiger charge is -2.12. The van der Waals surface area contributed by atoms with Crippen molar-refractivity contribution in [2.24, 2.45) is 0 Å². The second kappa shape index (κ2) is 7.23. The molecule has 0 aliphatic carbocycles. The average Bonchev–Trinajstić information content (AvgIpc) is 2.87. The lowest BCUT2D eigenvalue weighted by molar-refractivity contribution is -0.116. The van der Waals surface area contributed by atoms with Crippen molar-refractivity contribution in [3.63, 3.8) is 0 Å². The highest BCUT2D eigenvalue weighted by atomic mass is 79.9. The van der Waals surface area contributed by atoms with E-state index in [1.165, 1.54) is 17.3 Å². The Hall–Kier alpha value is -1.72. The van der Waals surface area contributed by atoms with Crippen LogP contribution < -0.4 is 10.6 Å². The fourth-order valence-electron chi connectivity index (χ4n) is 2.30. The molecule has 2 aromatic rings. The summed E-state index contributed by atoms with van der Waals surface area (Å²) in [7, 11) is 0. The Bertz CT molecular complexity index is 743. The summed E-state index contributed by atoms with van der Waals surface area (Å²) in [6.45, 7) is 2.13. The zero-order chi connectivity index (χ0) is 16.2. The number of anilines is 1. The Morgan fingerprint density at radius 1 is 1.26 bits per heavy atom. The molecule has 0 unspecified atom stereocenters. The van der Waals surface area contributed by atoms with Crippen molar-refractivity contribution in [1.82, 2.24) is 5.32 Å². The number of rotatable bonds is 4. The molecule has 2 N–H and O–H groups in total. The Morgan fingerprint density at radius 2 is 2.04 bits per heavy atom. The van der Waals surface area contributed by atoms with E-state index < -0.39 is 0 Å². The van der Waals surface area contributed by atoms with E-state index in [0.29, 0.717) is 4.91 Å². The van der Waals surface area contributed by atoms with E-state index in [9.17, 15) is 4.79 Å². The standard InChI is InChI=1S/C18H17BrN2OS/c1-2-12-6-8-15(9-7-12)20-18-21-17(22)16(23-18)11-13-4-3-5-14(19)10-13/h3-11,18,20H,2H2,1H3,(H,21,22)/b16-11-/t18-/m1/s1. The van der Waals surface area contributed by atoms with Gasteiger partial charge in [0, 0.05) is 10.2 Å². The summed E-state index contributed by atoms with van der Waals surface area (Å²) in [6, 6.07) is 16.2. The molecular weight excluding hydrogens is 372 g/mol. The molecule has 0 spiro atoms. The van der Waals surface area contributed by atoms with Gasteiger partial charge in [-0.1, -0.05) is 58.9 Å². The van der Waals surface area contributed by atoms with Crippen LogP contribution in [-0.4, -0.2) is 11.4 Å². The molecule has 3 nitrogen and oxygen atoms in total. The molecule has 1 amide bonds. The maximum absolute atomic E-state index is 12.1. The highest BCUT2D eigenvalue weighted by Gasteiger charge is 2.27. The van der Waals surface area contributed by atoms with Gasteiger partial charge >= 0.3 is 0 Å². The molecule has 1 saturated heterocycles. The van der Waals surface area contributed by atoms with Gasteiger partial charge in [-0.3, -0.25) is 4.79 Å². The van der Waals surface area contributed by atoms with Crippen LogP contribution in [-0.2, 0) is 11.2 Å². The van der Waals surface area contributed by atoms with Crippen LogP contribution in [0.25, 0.3) is 6.08 Å². The van der Waals surface area contributed by atoms with Gasteiger partial charge in [-0.05, 0) is 47.9 Å². The lowest BCUT2D eigenvalue weighted by atomic mass is 10.1. The van der Waals surface area contributed by atoms with Crippen molar-refractivity contribution in [2.45, 2.75) is 18.8 Å². The minimum Gasteiger partial charge on any atom is -0.357 e. The van der Waals surface area contributed by atoms with Gasteiger partial charge < -0.3 is 10.6 Å². The van der Waals surface area contributed by atoms with Gasteiger partial charge in [-0.15, -0.1) is 0 Å². The number of aryl methyl sites for hydroxylation is 1. The molecule has 0 aromatic heterocycles. The lowest BCUT2D eigenvalue weighted by Crippen LogP contribution is -2.30. The van der Waals surface area contributed by atoms with Crippen molar-refractivity contribution >= 4 is 45.4 Å². The minimum absolute atomic E-state index is 0.0438. The van der Waals surface area contributed by atoms with Crippen LogP contribution in [0.4, 0.5) is 5.69 Å². The van der Waals surface area contributed by atoms with Gasteiger partial charge in [-0.25, -0.2) is 0 Å². The molecule has 118 valence electrons. The molecule has 23 heavy (non-hydrogen) atoms. The van der Waals surface area contributed by atoms with E-state index in [-0.39, 0.29) is 11.4 Å². The van der Waals surface area contributed by atoms with E-state index in [2.05, 4.69) is 45.6 Å². The molecule has 0 radical (unpaired) electrons. The third-order valence-corrected chi connectivity index (χ3v) is 5.06. The summed E-state index contributed by atoms with van der Waals surface area (Å²) >= 11 is 4.94. The summed E-state index contributed by atoms with van der Waals surface area (Å²) in [4.78, 5) is 12.8. The minimum atomic E-state index is -0.145. The summed E-state index contributed by atoms with van der Waals surface area (Å²) < 4.78 is 1.00. The Balaban J connectivity index is 1.69. The van der Waals surface area contributed by atoms with Gasteiger partial charge in [-0.2, -0.15) is 0 Å². The number of amides is 1. The van der Waals surface area contributed by atoms with E-state index in [0.717, 1.165) is 22.1 Å². The molecule has 1 heterocycles. The Kier molecular flexibility index (Phi) is 5.08. The van der Waals surface area contributed by atoms with Crippen LogP contribution in [0.15, 0.2) is 57.9 Å². The van der Waals surface area contributed by atoms with Crippen LogP contribution in [0.5, 0.6) is 0 Å². The molecule has 3 rings (SSSR count). The predicted octanol–water partition coefficient (Wildman–Crippen LogP) is 4.61. The molecule has 5 heteroatoms. The SMILES string of the molecule is CCc1ccc(N[C@@H]2NC(=O)/C(=C/c3cccc(Br)c3)S2)cc1. The number of halogens is 1. The monoisotopic (exact) mass is 388 g/mol. The number of benzene rings is 2. The molecule has 1 aliphatic heterocycles. The first kappa shape index (κ1) is 16.1. The second-order valence-electron chi connectivity index (χ2n) is 5.23. The average molecular weight is 389 g/mol. The number of carbonyl (C=O) groups is 1. The van der Waals surface area contributed by atoms with Crippen molar-refractivity contribution in [3.05, 3.63) is 69.0 Å². The number of nitrogens with one attached hydrogen (secondary N) is 2. The van der Waals surface area contributed by atoms with Crippen molar-refractivity contribution in [1.29, 1.82) is 0 Å². The van der Waals surface area contributed by atoms with Gasteiger partial charge in [0.05, 0.1) is 4.91 Å². The molecular formula is C18H17BrN2OS. The molecule has 1 atom stereocenters. The summed E-state index contributed by atoms with van der Waals surface area (Å²) in [5.74, 6) is -0.0438. The smallest absolute Gasteiger partial charge is 0.260 e. The first-order chi connectivity index (χ1) is 11.1. The van der Waals surface area contributed by atoms with Crippen LogP contribution in [0.2, 0.25) is 0 Å². The fraction of sp³-hybridized carbons (Fsp3) is 0.167. The number of thioether (sulfide) groups is 1. The van der Waals surface area contributed by atoms with Crippen LogP contribution >= 0.6 is 27.7 Å².